The minimum Gasteiger partial charge on any atom is -0.354 e. The van der Waals surface area contributed by atoms with Crippen LogP contribution in [0.25, 0.3) is 0 Å². The molecule has 2 N–H and O–H groups in total. The van der Waals surface area contributed by atoms with E-state index in [9.17, 15) is 4.39 Å². The van der Waals surface area contributed by atoms with Gasteiger partial charge in [0.2, 0.25) is 0 Å². The highest BCUT2D eigenvalue weighted by molar-refractivity contribution is 5.53. The Labute approximate surface area is 159 Å². The molecule has 0 bridgehead atoms. The van der Waals surface area contributed by atoms with E-state index in [2.05, 4.69) is 32.5 Å². The molecule has 0 aromatic carbocycles. The first-order valence-electron chi connectivity index (χ1n) is 9.70. The van der Waals surface area contributed by atoms with E-state index in [0.717, 1.165) is 49.3 Å². The number of hydrogen-bond acceptors (Lipinski definition) is 6. The predicted octanol–water partition coefficient (Wildman–Crippen LogP) is 2.80. The second kappa shape index (κ2) is 7.78. The summed E-state index contributed by atoms with van der Waals surface area (Å²) in [7, 11) is 1.88. The van der Waals surface area contributed by atoms with Crippen LogP contribution in [0.4, 0.5) is 16.0 Å². The molecule has 2 fully saturated rings. The van der Waals surface area contributed by atoms with Crippen molar-refractivity contribution in [2.75, 3.05) is 43.6 Å². The molecular formula is C20H27FN6. The van der Waals surface area contributed by atoms with Gasteiger partial charge in [0, 0.05) is 45.0 Å². The van der Waals surface area contributed by atoms with Crippen LogP contribution in [0, 0.1) is 11.7 Å². The molecule has 1 saturated carbocycles. The fourth-order valence-corrected chi connectivity index (χ4v) is 3.38. The van der Waals surface area contributed by atoms with Gasteiger partial charge < -0.3 is 15.6 Å². The summed E-state index contributed by atoms with van der Waals surface area (Å²) in [4.78, 5) is 11.1. The third-order valence-electron chi connectivity index (χ3n) is 5.23. The van der Waals surface area contributed by atoms with E-state index in [1.165, 1.54) is 18.9 Å². The second-order valence-corrected chi connectivity index (χ2v) is 7.52. The first-order valence-corrected chi connectivity index (χ1v) is 9.70. The Hall–Kier alpha value is -2.25. The number of nitrogens with zero attached hydrogens (tertiary/aromatic N) is 4. The van der Waals surface area contributed by atoms with Crippen molar-refractivity contribution in [2.45, 2.75) is 25.8 Å². The molecule has 0 amide bonds. The molecule has 7 heteroatoms. The Morgan fingerprint density at radius 3 is 2.59 bits per heavy atom. The molecule has 0 spiro atoms. The number of halogens is 1. The van der Waals surface area contributed by atoms with Gasteiger partial charge >= 0.3 is 0 Å². The van der Waals surface area contributed by atoms with Crippen LogP contribution in [-0.2, 0) is 0 Å². The maximum Gasteiger partial charge on any atom is 0.146 e. The zero-order valence-electron chi connectivity index (χ0n) is 16.0. The number of fused-ring (bicyclic) bond motifs is 1. The average Bonchev–Trinajstić information content (AvgIpc) is 3.40. The van der Waals surface area contributed by atoms with E-state index in [1.807, 2.05) is 24.2 Å². The Morgan fingerprint density at radius 2 is 1.89 bits per heavy atom. The van der Waals surface area contributed by atoms with Crippen LogP contribution in [0.3, 0.4) is 0 Å². The Balaban J connectivity index is 0.000000400. The lowest BCUT2D eigenvalue weighted by Gasteiger charge is -2.29. The molecule has 3 aliphatic rings. The summed E-state index contributed by atoms with van der Waals surface area (Å²) in [5.74, 6) is 2.38. The van der Waals surface area contributed by atoms with Gasteiger partial charge in [0.25, 0.3) is 0 Å². The summed E-state index contributed by atoms with van der Waals surface area (Å²) in [5.41, 5.74) is 4.54. The minimum atomic E-state index is -0.292. The van der Waals surface area contributed by atoms with E-state index < -0.39 is 0 Å². The van der Waals surface area contributed by atoms with E-state index in [1.54, 1.807) is 12.3 Å². The van der Waals surface area contributed by atoms with Gasteiger partial charge in [-0.2, -0.15) is 0 Å². The van der Waals surface area contributed by atoms with Crippen molar-refractivity contribution >= 4 is 11.6 Å². The number of rotatable bonds is 2. The molecule has 27 heavy (non-hydrogen) atoms. The zero-order chi connectivity index (χ0) is 18.8. The standard InChI is InChI=1S/C16H19FN6.C4H8/c1-22-15(11-3-2-6-19-16(11)21-22)14-12(17)4-5-13(20-14)23-9-7-18-8-10-23;1-4-2-3-4/h2-6,15,18H,7-10H2,1H3,(H,19,21);4H,2-3H2,1H3. The van der Waals surface area contributed by atoms with Crippen molar-refractivity contribution in [3.05, 3.63) is 47.5 Å². The van der Waals surface area contributed by atoms with Crippen molar-refractivity contribution in [3.8, 4) is 0 Å². The molecule has 0 radical (unpaired) electrons. The number of hydrazine groups is 1. The molecule has 2 aromatic heterocycles. The van der Waals surface area contributed by atoms with Crippen LogP contribution >= 0.6 is 0 Å². The van der Waals surface area contributed by atoms with Crippen LogP contribution in [0.15, 0.2) is 30.5 Å². The summed E-state index contributed by atoms with van der Waals surface area (Å²) in [6, 6.07) is 6.83. The number of nitrogens with one attached hydrogen (secondary N) is 2. The molecule has 6 nitrogen and oxygen atoms in total. The van der Waals surface area contributed by atoms with Gasteiger partial charge in [0.15, 0.2) is 0 Å². The van der Waals surface area contributed by atoms with E-state index in [4.69, 9.17) is 0 Å². The van der Waals surface area contributed by atoms with Gasteiger partial charge in [-0.15, -0.1) is 0 Å². The Kier molecular flexibility index (Phi) is 5.22. The largest absolute Gasteiger partial charge is 0.354 e. The molecule has 5 rings (SSSR count). The predicted molar refractivity (Wildman–Crippen MR) is 105 cm³/mol. The fourth-order valence-electron chi connectivity index (χ4n) is 3.38. The molecule has 144 valence electrons. The summed E-state index contributed by atoms with van der Waals surface area (Å²) < 4.78 is 14.5. The first kappa shape index (κ1) is 18.1. The molecule has 4 heterocycles. The molecule has 1 saturated heterocycles. The quantitative estimate of drug-likeness (QED) is 0.848. The smallest absolute Gasteiger partial charge is 0.146 e. The molecule has 2 aromatic rings. The van der Waals surface area contributed by atoms with Gasteiger partial charge in [-0.25, -0.2) is 19.4 Å². The summed E-state index contributed by atoms with van der Waals surface area (Å²) >= 11 is 0. The van der Waals surface area contributed by atoms with Gasteiger partial charge in [0.05, 0.1) is 0 Å². The van der Waals surface area contributed by atoms with Crippen LogP contribution in [-0.4, -0.2) is 48.2 Å². The van der Waals surface area contributed by atoms with Crippen LogP contribution in [0.2, 0.25) is 0 Å². The monoisotopic (exact) mass is 370 g/mol. The minimum absolute atomic E-state index is 0.276. The highest BCUT2D eigenvalue weighted by Gasteiger charge is 2.33. The molecule has 2 aliphatic heterocycles. The average molecular weight is 370 g/mol. The topological polar surface area (TPSA) is 56.3 Å². The first-order chi connectivity index (χ1) is 13.1. The highest BCUT2D eigenvalue weighted by atomic mass is 19.1. The number of pyridine rings is 2. The summed E-state index contributed by atoms with van der Waals surface area (Å²) in [5, 5.41) is 5.17. The molecule has 1 atom stereocenters. The SMILES string of the molecule is CC1CC1.CN1Nc2ncccc2C1c1nc(N2CCNCC2)ccc1F. The lowest BCUT2D eigenvalue weighted by Crippen LogP contribution is -2.44. The third kappa shape index (κ3) is 4.04. The van der Waals surface area contributed by atoms with Crippen LogP contribution < -0.4 is 15.6 Å². The molecule has 1 unspecified atom stereocenters. The van der Waals surface area contributed by atoms with Crippen molar-refractivity contribution in [1.29, 1.82) is 0 Å². The number of anilines is 2. The van der Waals surface area contributed by atoms with Crippen LogP contribution in [0.1, 0.15) is 37.1 Å². The van der Waals surface area contributed by atoms with Gasteiger partial charge in [-0.1, -0.05) is 25.8 Å². The molecule has 1 aliphatic carbocycles. The summed E-state index contributed by atoms with van der Waals surface area (Å²) in [6.45, 7) is 5.89. The third-order valence-corrected chi connectivity index (χ3v) is 5.23. The van der Waals surface area contributed by atoms with E-state index in [-0.39, 0.29) is 11.9 Å². The number of aromatic nitrogens is 2. The van der Waals surface area contributed by atoms with Gasteiger partial charge in [-0.3, -0.25) is 0 Å². The fraction of sp³-hybridized carbons (Fsp3) is 0.500. The number of hydrogen-bond donors (Lipinski definition) is 2. The van der Waals surface area contributed by atoms with E-state index >= 15 is 0 Å². The van der Waals surface area contributed by atoms with Crippen molar-refractivity contribution in [3.63, 3.8) is 0 Å². The summed E-state index contributed by atoms with van der Waals surface area (Å²) in [6.07, 6.45) is 4.70. The second-order valence-electron chi connectivity index (χ2n) is 7.52. The van der Waals surface area contributed by atoms with Gasteiger partial charge in [-0.05, 0) is 24.1 Å². The Morgan fingerprint density at radius 1 is 1.15 bits per heavy atom. The normalized spacial score (nSPS) is 21.9. The van der Waals surface area contributed by atoms with Gasteiger partial charge in [0.1, 0.15) is 29.2 Å². The van der Waals surface area contributed by atoms with E-state index in [0.29, 0.717) is 5.69 Å². The highest BCUT2D eigenvalue weighted by Crippen LogP contribution is 2.37. The molecular weight excluding hydrogens is 343 g/mol. The van der Waals surface area contributed by atoms with Crippen molar-refractivity contribution in [2.24, 2.45) is 5.92 Å². The maximum absolute atomic E-state index is 14.5. The lowest BCUT2D eigenvalue weighted by molar-refractivity contribution is 0.346. The number of piperazine rings is 1. The van der Waals surface area contributed by atoms with Crippen molar-refractivity contribution in [1.82, 2.24) is 20.3 Å². The zero-order valence-corrected chi connectivity index (χ0v) is 16.0. The maximum atomic E-state index is 14.5. The Bertz CT molecular complexity index is 788. The lowest BCUT2D eigenvalue weighted by atomic mass is 10.0. The van der Waals surface area contributed by atoms with Crippen LogP contribution in [0.5, 0.6) is 0 Å². The van der Waals surface area contributed by atoms with Crippen molar-refractivity contribution < 1.29 is 4.39 Å².